The average molecular weight is 227 g/mol. The molecule has 2 nitrogen and oxygen atoms in total. The standard InChI is InChI=1S/C8H8BBrO2/c1-5-2-6(10)3-8-7(5)4-9(11)12-8/h2-3,11H,4H2,1H3. The molecule has 0 unspecified atom stereocenters. The smallest absolute Gasteiger partial charge is 0.527 e. The Balaban J connectivity index is 2.52. The molecule has 0 fully saturated rings. The maximum Gasteiger partial charge on any atom is 0.527 e. The second kappa shape index (κ2) is 2.78. The SMILES string of the molecule is Cc1cc(Br)cc2c1CB(O)O2. The summed E-state index contributed by atoms with van der Waals surface area (Å²) in [5.74, 6) is 0.800. The molecule has 1 N–H and O–H groups in total. The maximum absolute atomic E-state index is 9.23. The molecule has 0 saturated carbocycles. The first-order valence-electron chi connectivity index (χ1n) is 3.80. The Bertz CT molecular complexity index is 327. The van der Waals surface area contributed by atoms with E-state index in [4.69, 9.17) is 4.65 Å². The fourth-order valence-electron chi connectivity index (χ4n) is 1.47. The summed E-state index contributed by atoms with van der Waals surface area (Å²) in [6, 6.07) is 3.92. The number of hydrogen-bond acceptors (Lipinski definition) is 2. The Kier molecular flexibility index (Phi) is 1.89. The number of aryl methyl sites for hydroxylation is 1. The zero-order chi connectivity index (χ0) is 8.72. The second-order valence-electron chi connectivity index (χ2n) is 2.98. The van der Waals surface area contributed by atoms with Crippen LogP contribution in [0.4, 0.5) is 0 Å². The van der Waals surface area contributed by atoms with E-state index in [9.17, 15) is 5.02 Å². The molecule has 1 aromatic rings. The Morgan fingerprint density at radius 3 is 3.08 bits per heavy atom. The Hall–Kier alpha value is -0.475. The van der Waals surface area contributed by atoms with Crippen LogP contribution in [0.25, 0.3) is 0 Å². The van der Waals surface area contributed by atoms with Gasteiger partial charge < -0.3 is 9.68 Å². The number of rotatable bonds is 0. The normalized spacial score (nSPS) is 14.4. The van der Waals surface area contributed by atoms with Gasteiger partial charge in [-0.25, -0.2) is 0 Å². The van der Waals surface area contributed by atoms with Gasteiger partial charge in [0.25, 0.3) is 0 Å². The van der Waals surface area contributed by atoms with Gasteiger partial charge in [-0.2, -0.15) is 0 Å². The predicted molar refractivity (Wildman–Crippen MR) is 51.2 cm³/mol. The minimum Gasteiger partial charge on any atom is -0.536 e. The van der Waals surface area contributed by atoms with Gasteiger partial charge in [-0.3, -0.25) is 0 Å². The first kappa shape index (κ1) is 8.14. The van der Waals surface area contributed by atoms with Crippen LogP contribution in [0.3, 0.4) is 0 Å². The zero-order valence-corrected chi connectivity index (χ0v) is 8.26. The molecule has 1 aliphatic rings. The lowest BCUT2D eigenvalue weighted by atomic mass is 9.83. The van der Waals surface area contributed by atoms with Crippen LogP contribution in [0.15, 0.2) is 16.6 Å². The lowest BCUT2D eigenvalue weighted by molar-refractivity contribution is 0.431. The van der Waals surface area contributed by atoms with Gasteiger partial charge in [-0.15, -0.1) is 0 Å². The molecule has 0 aromatic heterocycles. The average Bonchev–Trinajstić information content (AvgIpc) is 2.29. The summed E-state index contributed by atoms with van der Waals surface area (Å²) in [6.07, 6.45) is 0.606. The Morgan fingerprint density at radius 2 is 2.33 bits per heavy atom. The maximum atomic E-state index is 9.23. The highest BCUT2D eigenvalue weighted by molar-refractivity contribution is 9.10. The van der Waals surface area contributed by atoms with E-state index in [2.05, 4.69) is 15.9 Å². The van der Waals surface area contributed by atoms with E-state index < -0.39 is 7.12 Å². The molecule has 12 heavy (non-hydrogen) atoms. The highest BCUT2D eigenvalue weighted by Gasteiger charge is 2.28. The summed E-state index contributed by atoms with van der Waals surface area (Å²) < 4.78 is 6.19. The third kappa shape index (κ3) is 1.25. The molecule has 0 aliphatic carbocycles. The zero-order valence-electron chi connectivity index (χ0n) is 6.67. The van der Waals surface area contributed by atoms with E-state index in [1.54, 1.807) is 0 Å². The van der Waals surface area contributed by atoms with Crippen molar-refractivity contribution < 1.29 is 9.68 Å². The predicted octanol–water partition coefficient (Wildman–Crippen LogP) is 1.71. The monoisotopic (exact) mass is 226 g/mol. The quantitative estimate of drug-likeness (QED) is 0.683. The van der Waals surface area contributed by atoms with Crippen molar-refractivity contribution in [3.05, 3.63) is 27.7 Å². The third-order valence-electron chi connectivity index (χ3n) is 2.04. The van der Waals surface area contributed by atoms with Crippen molar-refractivity contribution >= 4 is 23.0 Å². The third-order valence-corrected chi connectivity index (χ3v) is 2.50. The van der Waals surface area contributed by atoms with Crippen LogP contribution >= 0.6 is 15.9 Å². The minimum absolute atomic E-state index is 0.606. The van der Waals surface area contributed by atoms with Crippen molar-refractivity contribution in [2.24, 2.45) is 0 Å². The van der Waals surface area contributed by atoms with Crippen molar-refractivity contribution in [3.8, 4) is 5.75 Å². The Morgan fingerprint density at radius 1 is 1.58 bits per heavy atom. The van der Waals surface area contributed by atoms with Gasteiger partial charge in [-0.1, -0.05) is 15.9 Å². The van der Waals surface area contributed by atoms with Crippen molar-refractivity contribution in [2.45, 2.75) is 13.2 Å². The van der Waals surface area contributed by atoms with Crippen LogP contribution in [-0.2, 0) is 6.32 Å². The number of hydrogen-bond donors (Lipinski definition) is 1. The first-order chi connectivity index (χ1) is 5.66. The molecular weight excluding hydrogens is 219 g/mol. The molecule has 1 aliphatic heterocycles. The van der Waals surface area contributed by atoms with Crippen LogP contribution in [0.2, 0.25) is 0 Å². The van der Waals surface area contributed by atoms with E-state index in [-0.39, 0.29) is 0 Å². The number of benzene rings is 1. The van der Waals surface area contributed by atoms with Crippen LogP contribution in [0.5, 0.6) is 5.75 Å². The summed E-state index contributed by atoms with van der Waals surface area (Å²) in [5.41, 5.74) is 2.28. The van der Waals surface area contributed by atoms with Crippen LogP contribution in [-0.4, -0.2) is 12.1 Å². The van der Waals surface area contributed by atoms with Crippen LogP contribution in [0, 0.1) is 6.92 Å². The first-order valence-corrected chi connectivity index (χ1v) is 4.60. The summed E-state index contributed by atoms with van der Waals surface area (Å²) in [6.45, 7) is 2.02. The van der Waals surface area contributed by atoms with Gasteiger partial charge in [-0.05, 0) is 30.2 Å². The molecule has 1 heterocycles. The van der Waals surface area contributed by atoms with Gasteiger partial charge in [0.1, 0.15) is 5.75 Å². The second-order valence-corrected chi connectivity index (χ2v) is 3.89. The Labute approximate surface area is 79.8 Å². The van der Waals surface area contributed by atoms with Gasteiger partial charge >= 0.3 is 7.12 Å². The lowest BCUT2D eigenvalue weighted by Crippen LogP contribution is -2.17. The fraction of sp³-hybridized carbons (Fsp3) is 0.250. The van der Waals surface area contributed by atoms with Crippen molar-refractivity contribution in [1.82, 2.24) is 0 Å². The molecule has 2 rings (SSSR count). The van der Waals surface area contributed by atoms with Crippen molar-refractivity contribution in [1.29, 1.82) is 0 Å². The molecule has 0 atom stereocenters. The van der Waals surface area contributed by atoms with E-state index >= 15 is 0 Å². The summed E-state index contributed by atoms with van der Waals surface area (Å²) >= 11 is 3.37. The molecule has 0 radical (unpaired) electrons. The van der Waals surface area contributed by atoms with Crippen molar-refractivity contribution in [2.75, 3.05) is 0 Å². The largest absolute Gasteiger partial charge is 0.536 e. The molecule has 1 aromatic carbocycles. The highest BCUT2D eigenvalue weighted by atomic mass is 79.9. The molecule has 4 heteroatoms. The topological polar surface area (TPSA) is 29.5 Å². The summed E-state index contributed by atoms with van der Waals surface area (Å²) in [7, 11) is -0.659. The minimum atomic E-state index is -0.659. The van der Waals surface area contributed by atoms with Gasteiger partial charge in [0, 0.05) is 10.8 Å². The molecule has 0 saturated heterocycles. The summed E-state index contributed by atoms with van der Waals surface area (Å²) in [4.78, 5) is 0. The molecule has 0 bridgehead atoms. The molecule has 0 amide bonds. The highest BCUT2D eigenvalue weighted by Crippen LogP contribution is 2.32. The lowest BCUT2D eigenvalue weighted by Gasteiger charge is -2.03. The fourth-order valence-corrected chi connectivity index (χ4v) is 2.02. The van der Waals surface area contributed by atoms with E-state index in [0.717, 1.165) is 21.3 Å². The molecular formula is C8H8BBrO2. The number of fused-ring (bicyclic) bond motifs is 1. The van der Waals surface area contributed by atoms with E-state index in [1.807, 2.05) is 19.1 Å². The van der Waals surface area contributed by atoms with Gasteiger partial charge in [0.2, 0.25) is 0 Å². The molecule has 0 spiro atoms. The van der Waals surface area contributed by atoms with Crippen LogP contribution in [0.1, 0.15) is 11.1 Å². The van der Waals surface area contributed by atoms with E-state index in [1.165, 1.54) is 0 Å². The van der Waals surface area contributed by atoms with E-state index in [0.29, 0.717) is 6.32 Å². The number of halogens is 1. The van der Waals surface area contributed by atoms with Crippen molar-refractivity contribution in [3.63, 3.8) is 0 Å². The summed E-state index contributed by atoms with van der Waals surface area (Å²) in [5, 5.41) is 9.23. The molecule has 62 valence electrons. The van der Waals surface area contributed by atoms with Gasteiger partial charge in [0.05, 0.1) is 0 Å². The van der Waals surface area contributed by atoms with Crippen LogP contribution < -0.4 is 4.65 Å². The van der Waals surface area contributed by atoms with Gasteiger partial charge in [0.15, 0.2) is 0 Å².